The lowest BCUT2D eigenvalue weighted by atomic mass is 9.88. The molecular formula is C12H18N2. The van der Waals surface area contributed by atoms with Crippen LogP contribution in [0.5, 0.6) is 0 Å². The summed E-state index contributed by atoms with van der Waals surface area (Å²) in [6, 6.07) is 0.225. The van der Waals surface area contributed by atoms with Crippen LogP contribution in [0.4, 0.5) is 0 Å². The standard InChI is InChI=1S/C12H18N2/c1-4-5-10-8-12(10)11(13)9(2)6-7-14(12)3/h6-7,9-11H,8,13H2,1-3H3/t9?,10?,11-,12?/m1/s1. The minimum atomic E-state index is 0.136. The molecule has 1 fully saturated rings. The van der Waals surface area contributed by atoms with Crippen molar-refractivity contribution in [1.82, 2.24) is 4.90 Å². The van der Waals surface area contributed by atoms with Gasteiger partial charge in [-0.3, -0.25) is 0 Å². The van der Waals surface area contributed by atoms with E-state index in [0.717, 1.165) is 6.42 Å². The molecule has 0 aromatic carbocycles. The summed E-state index contributed by atoms with van der Waals surface area (Å²) in [5.74, 6) is 7.20. The maximum atomic E-state index is 6.27. The third-order valence-electron chi connectivity index (χ3n) is 3.71. The fourth-order valence-electron chi connectivity index (χ4n) is 2.59. The van der Waals surface area contributed by atoms with Gasteiger partial charge >= 0.3 is 0 Å². The molecule has 1 spiro atoms. The van der Waals surface area contributed by atoms with E-state index in [9.17, 15) is 0 Å². The van der Waals surface area contributed by atoms with Gasteiger partial charge in [0.15, 0.2) is 0 Å². The van der Waals surface area contributed by atoms with Crippen molar-refractivity contribution in [2.45, 2.75) is 31.8 Å². The van der Waals surface area contributed by atoms with Gasteiger partial charge in [0.1, 0.15) is 0 Å². The zero-order chi connectivity index (χ0) is 10.3. The Morgan fingerprint density at radius 3 is 2.93 bits per heavy atom. The maximum absolute atomic E-state index is 6.27. The van der Waals surface area contributed by atoms with Gasteiger partial charge in [-0.25, -0.2) is 0 Å². The minimum Gasteiger partial charge on any atom is -0.372 e. The first-order valence-electron chi connectivity index (χ1n) is 5.22. The smallest absolute Gasteiger partial charge is 0.0700 e. The Balaban J connectivity index is 2.26. The number of rotatable bonds is 0. The summed E-state index contributed by atoms with van der Waals surface area (Å²) in [5, 5.41) is 0. The van der Waals surface area contributed by atoms with Crippen molar-refractivity contribution in [2.24, 2.45) is 17.6 Å². The van der Waals surface area contributed by atoms with Gasteiger partial charge < -0.3 is 10.6 Å². The van der Waals surface area contributed by atoms with Crippen molar-refractivity contribution in [3.05, 3.63) is 12.3 Å². The van der Waals surface area contributed by atoms with E-state index in [-0.39, 0.29) is 11.6 Å². The van der Waals surface area contributed by atoms with Crippen LogP contribution in [0.15, 0.2) is 12.3 Å². The third kappa shape index (κ3) is 1.09. The normalized spacial score (nSPS) is 44.9. The summed E-state index contributed by atoms with van der Waals surface area (Å²) >= 11 is 0. The molecule has 2 heteroatoms. The monoisotopic (exact) mass is 190 g/mol. The molecule has 1 saturated carbocycles. The van der Waals surface area contributed by atoms with Crippen LogP contribution in [-0.2, 0) is 0 Å². The van der Waals surface area contributed by atoms with Crippen LogP contribution < -0.4 is 5.73 Å². The second-order valence-electron chi connectivity index (χ2n) is 4.48. The summed E-state index contributed by atoms with van der Waals surface area (Å²) in [7, 11) is 2.11. The number of nitrogens with zero attached hydrogens (tertiary/aromatic N) is 1. The summed E-state index contributed by atoms with van der Waals surface area (Å²) < 4.78 is 0. The lowest BCUT2D eigenvalue weighted by Gasteiger charge is -2.39. The molecule has 0 radical (unpaired) electrons. The van der Waals surface area contributed by atoms with Gasteiger partial charge in [-0.15, -0.1) is 5.92 Å². The Bertz CT molecular complexity index is 323. The van der Waals surface area contributed by atoms with Crippen molar-refractivity contribution < 1.29 is 0 Å². The molecule has 1 aliphatic carbocycles. The lowest BCUT2D eigenvalue weighted by molar-refractivity contribution is 0.202. The predicted octanol–water partition coefficient (Wildman–Crippen LogP) is 1.19. The van der Waals surface area contributed by atoms with E-state index in [0.29, 0.717) is 11.8 Å². The van der Waals surface area contributed by atoms with E-state index in [2.05, 4.69) is 43.0 Å². The molecule has 14 heavy (non-hydrogen) atoms. The SMILES string of the molecule is CC#CC1CC12[C@H](N)C(C)C=CN2C. The lowest BCUT2D eigenvalue weighted by Crippen LogP contribution is -2.53. The highest BCUT2D eigenvalue weighted by Crippen LogP contribution is 2.52. The second-order valence-corrected chi connectivity index (χ2v) is 4.48. The highest BCUT2D eigenvalue weighted by Gasteiger charge is 2.61. The van der Waals surface area contributed by atoms with Crippen LogP contribution in [0.25, 0.3) is 0 Å². The van der Waals surface area contributed by atoms with E-state index in [1.807, 2.05) is 6.92 Å². The Labute approximate surface area is 86.2 Å². The van der Waals surface area contributed by atoms with Crippen molar-refractivity contribution in [3.63, 3.8) is 0 Å². The van der Waals surface area contributed by atoms with Crippen molar-refractivity contribution in [1.29, 1.82) is 0 Å². The molecule has 3 unspecified atom stereocenters. The molecule has 2 nitrogen and oxygen atoms in total. The predicted molar refractivity (Wildman–Crippen MR) is 58.3 cm³/mol. The fourth-order valence-corrected chi connectivity index (χ4v) is 2.59. The molecule has 2 aliphatic rings. The average Bonchev–Trinajstić information content (AvgIpc) is 2.86. The van der Waals surface area contributed by atoms with Crippen LogP contribution in [0.3, 0.4) is 0 Å². The number of hydrogen-bond acceptors (Lipinski definition) is 2. The van der Waals surface area contributed by atoms with Crippen molar-refractivity contribution in [2.75, 3.05) is 7.05 Å². The molecule has 1 heterocycles. The molecule has 0 aromatic rings. The first-order valence-corrected chi connectivity index (χ1v) is 5.22. The molecule has 1 aliphatic heterocycles. The molecule has 0 amide bonds. The molecule has 2 rings (SSSR count). The van der Waals surface area contributed by atoms with Crippen molar-refractivity contribution in [3.8, 4) is 11.8 Å². The molecule has 4 atom stereocenters. The Hall–Kier alpha value is -0.940. The Kier molecular flexibility index (Phi) is 2.08. The van der Waals surface area contributed by atoms with Crippen LogP contribution in [-0.4, -0.2) is 23.5 Å². The Morgan fingerprint density at radius 1 is 1.57 bits per heavy atom. The van der Waals surface area contributed by atoms with E-state index in [1.54, 1.807) is 0 Å². The first-order chi connectivity index (χ1) is 6.63. The van der Waals surface area contributed by atoms with Gasteiger partial charge in [-0.2, -0.15) is 0 Å². The summed E-state index contributed by atoms with van der Waals surface area (Å²) in [5.41, 5.74) is 6.41. The third-order valence-corrected chi connectivity index (χ3v) is 3.71. The van der Waals surface area contributed by atoms with Crippen LogP contribution in [0.2, 0.25) is 0 Å². The van der Waals surface area contributed by atoms with Gasteiger partial charge in [-0.05, 0) is 25.5 Å². The average molecular weight is 190 g/mol. The first kappa shape index (κ1) is 9.61. The molecule has 0 aromatic heterocycles. The van der Waals surface area contributed by atoms with Gasteiger partial charge in [0.2, 0.25) is 0 Å². The molecular weight excluding hydrogens is 172 g/mol. The van der Waals surface area contributed by atoms with Gasteiger partial charge in [0.05, 0.1) is 5.54 Å². The quantitative estimate of drug-likeness (QED) is 0.581. The second kappa shape index (κ2) is 3.03. The highest BCUT2D eigenvalue weighted by molar-refractivity contribution is 5.31. The van der Waals surface area contributed by atoms with Crippen molar-refractivity contribution >= 4 is 0 Å². The molecule has 76 valence electrons. The summed E-state index contributed by atoms with van der Waals surface area (Å²) in [6.45, 7) is 4.09. The van der Waals surface area contributed by atoms with E-state index in [4.69, 9.17) is 5.73 Å². The van der Waals surface area contributed by atoms with Gasteiger partial charge in [0.25, 0.3) is 0 Å². The summed E-state index contributed by atoms with van der Waals surface area (Å²) in [4.78, 5) is 2.26. The largest absolute Gasteiger partial charge is 0.372 e. The van der Waals surface area contributed by atoms with E-state index < -0.39 is 0 Å². The van der Waals surface area contributed by atoms with Gasteiger partial charge in [0, 0.05) is 19.0 Å². The highest BCUT2D eigenvalue weighted by atomic mass is 15.2. The van der Waals surface area contributed by atoms with Crippen LogP contribution in [0.1, 0.15) is 20.3 Å². The number of hydrogen-bond donors (Lipinski definition) is 1. The van der Waals surface area contributed by atoms with Crippen LogP contribution in [0, 0.1) is 23.7 Å². The number of likely N-dealkylation sites (N-methyl/N-ethyl adjacent to an activating group) is 1. The number of nitrogens with two attached hydrogens (primary N) is 1. The fraction of sp³-hybridized carbons (Fsp3) is 0.667. The maximum Gasteiger partial charge on any atom is 0.0700 e. The summed E-state index contributed by atoms with van der Waals surface area (Å²) in [6.07, 6.45) is 5.47. The molecule has 2 N–H and O–H groups in total. The van der Waals surface area contributed by atoms with E-state index in [1.165, 1.54) is 0 Å². The zero-order valence-corrected chi connectivity index (χ0v) is 9.12. The van der Waals surface area contributed by atoms with E-state index >= 15 is 0 Å². The molecule has 0 saturated heterocycles. The van der Waals surface area contributed by atoms with Gasteiger partial charge in [-0.1, -0.05) is 18.9 Å². The topological polar surface area (TPSA) is 29.3 Å². The molecule has 0 bridgehead atoms. The Morgan fingerprint density at radius 2 is 2.29 bits per heavy atom. The van der Waals surface area contributed by atoms with Crippen LogP contribution >= 0.6 is 0 Å². The minimum absolute atomic E-state index is 0.136. The zero-order valence-electron chi connectivity index (χ0n) is 9.12.